The van der Waals surface area contributed by atoms with Crippen molar-refractivity contribution < 1.29 is 9.13 Å². The van der Waals surface area contributed by atoms with Crippen molar-refractivity contribution in [3.8, 4) is 0 Å². The summed E-state index contributed by atoms with van der Waals surface area (Å²) in [5, 5.41) is 6.42. The average Bonchev–Trinajstić information content (AvgIpc) is 3.43. The highest BCUT2D eigenvalue weighted by molar-refractivity contribution is 5.77. The fourth-order valence-electron chi connectivity index (χ4n) is 4.19. The molecule has 1 aromatic carbocycles. The molecule has 1 fully saturated rings. The van der Waals surface area contributed by atoms with Crippen LogP contribution in [0.25, 0.3) is 11.2 Å². The van der Waals surface area contributed by atoms with Gasteiger partial charge in [-0.15, -0.1) is 0 Å². The van der Waals surface area contributed by atoms with Gasteiger partial charge in [0, 0.05) is 11.7 Å². The Labute approximate surface area is 199 Å². The molecule has 0 spiro atoms. The minimum atomic E-state index is -0.308. The molecule has 4 rings (SSSR count). The van der Waals surface area contributed by atoms with Crippen molar-refractivity contribution in [1.82, 2.24) is 19.5 Å². The molecule has 0 bridgehead atoms. The number of aromatic nitrogens is 4. The summed E-state index contributed by atoms with van der Waals surface area (Å²) < 4.78 is 22.0. The topological polar surface area (TPSA) is 76.9 Å². The molecule has 2 heterocycles. The van der Waals surface area contributed by atoms with Gasteiger partial charge >= 0.3 is 0 Å². The minimum Gasteiger partial charge on any atom is -0.497 e. The summed E-state index contributed by atoms with van der Waals surface area (Å²) in [6.07, 6.45) is 9.81. The Bertz CT molecular complexity index is 1270. The van der Waals surface area contributed by atoms with Crippen molar-refractivity contribution >= 4 is 28.7 Å². The van der Waals surface area contributed by atoms with Crippen molar-refractivity contribution in [2.75, 3.05) is 17.7 Å². The first-order valence-electron chi connectivity index (χ1n) is 11.5. The first kappa shape index (κ1) is 23.5. The van der Waals surface area contributed by atoms with Crippen LogP contribution >= 0.6 is 0 Å². The maximum absolute atomic E-state index is 14.6. The molecule has 3 aromatic rings. The van der Waals surface area contributed by atoms with Gasteiger partial charge in [0.15, 0.2) is 5.65 Å². The summed E-state index contributed by atoms with van der Waals surface area (Å²) in [7, 11) is 1.62. The van der Waals surface area contributed by atoms with E-state index in [1.807, 2.05) is 39.0 Å². The lowest BCUT2D eigenvalue weighted by atomic mass is 10.2. The third-order valence-corrected chi connectivity index (χ3v) is 5.93. The largest absolute Gasteiger partial charge is 0.497 e. The zero-order valence-corrected chi connectivity index (χ0v) is 20.2. The van der Waals surface area contributed by atoms with E-state index < -0.39 is 0 Å². The van der Waals surface area contributed by atoms with Gasteiger partial charge in [0.2, 0.25) is 11.9 Å². The van der Waals surface area contributed by atoms with Crippen molar-refractivity contribution in [2.45, 2.75) is 52.5 Å². The molecule has 1 aliphatic carbocycles. The van der Waals surface area contributed by atoms with E-state index in [1.165, 1.54) is 6.07 Å². The van der Waals surface area contributed by atoms with Gasteiger partial charge in [0.05, 0.1) is 19.0 Å². The monoisotopic (exact) mass is 462 g/mol. The van der Waals surface area contributed by atoms with Gasteiger partial charge in [-0.1, -0.05) is 25.5 Å². The molecule has 1 aliphatic rings. The Morgan fingerprint density at radius 2 is 1.97 bits per heavy atom. The lowest BCUT2D eigenvalue weighted by molar-refractivity contribution is 0.301. The fourth-order valence-corrected chi connectivity index (χ4v) is 4.19. The molecular formula is C26H31FN6O. The number of nitrogens with one attached hydrogen (secondary N) is 2. The van der Waals surface area contributed by atoms with Crippen LogP contribution in [0.3, 0.4) is 0 Å². The van der Waals surface area contributed by atoms with Gasteiger partial charge in [0.25, 0.3) is 0 Å². The standard InChI is InChI=1S/C26H31FN6O/c1-16(2)23(34-5)13-11-18(4)29-25-28-15-22-24(32-25)33(19-8-6-7-9-19)26(31-22)30-21-12-10-17(3)14-20(21)27/h10-15,19H,1,6-9H2,2-5H3,(H,30,31)(H,28,29,32)/b18-11+,23-13+. The number of rotatable bonds is 8. The van der Waals surface area contributed by atoms with E-state index >= 15 is 0 Å². The highest BCUT2D eigenvalue weighted by Gasteiger charge is 2.24. The molecule has 2 aromatic heterocycles. The van der Waals surface area contributed by atoms with Gasteiger partial charge in [-0.25, -0.2) is 14.4 Å². The second kappa shape index (κ2) is 10.1. The summed E-state index contributed by atoms with van der Waals surface area (Å²) >= 11 is 0. The third-order valence-electron chi connectivity index (χ3n) is 5.93. The zero-order valence-electron chi connectivity index (χ0n) is 20.2. The molecule has 0 amide bonds. The van der Waals surface area contributed by atoms with Crippen LogP contribution in [-0.2, 0) is 4.74 Å². The Kier molecular flexibility index (Phi) is 6.95. The quantitative estimate of drug-likeness (QED) is 0.292. The number of halogens is 1. The molecule has 34 heavy (non-hydrogen) atoms. The number of nitrogens with zero attached hydrogens (tertiary/aromatic N) is 4. The van der Waals surface area contributed by atoms with Gasteiger partial charge in [-0.2, -0.15) is 4.98 Å². The van der Waals surface area contributed by atoms with E-state index in [0.29, 0.717) is 28.9 Å². The highest BCUT2D eigenvalue weighted by Crippen LogP contribution is 2.36. The molecule has 0 unspecified atom stereocenters. The first-order chi connectivity index (χ1) is 16.4. The SMILES string of the molecule is C=C(C)/C(=C\C=C(/C)Nc1ncc2nc(Nc3ccc(C)cc3F)n(C3CCCC3)c2n1)OC. The minimum absolute atomic E-state index is 0.253. The number of hydrogen-bond acceptors (Lipinski definition) is 6. The van der Waals surface area contributed by atoms with Gasteiger partial charge in [-0.3, -0.25) is 4.57 Å². The van der Waals surface area contributed by atoms with E-state index in [-0.39, 0.29) is 11.9 Å². The van der Waals surface area contributed by atoms with Crippen LogP contribution in [0.1, 0.15) is 51.1 Å². The predicted octanol–water partition coefficient (Wildman–Crippen LogP) is 6.55. The molecule has 8 heteroatoms. The van der Waals surface area contributed by atoms with E-state index in [4.69, 9.17) is 14.7 Å². The molecular weight excluding hydrogens is 431 g/mol. The molecule has 2 N–H and O–H groups in total. The summed E-state index contributed by atoms with van der Waals surface area (Å²) in [4.78, 5) is 13.9. The number of anilines is 3. The van der Waals surface area contributed by atoms with E-state index in [0.717, 1.165) is 48.2 Å². The molecule has 0 radical (unpaired) electrons. The summed E-state index contributed by atoms with van der Waals surface area (Å²) in [5.41, 5.74) is 4.34. The number of hydrogen-bond donors (Lipinski definition) is 2. The fraction of sp³-hybridized carbons (Fsp3) is 0.346. The number of fused-ring (bicyclic) bond motifs is 1. The Morgan fingerprint density at radius 1 is 1.21 bits per heavy atom. The second-order valence-electron chi connectivity index (χ2n) is 8.74. The van der Waals surface area contributed by atoms with Crippen molar-refractivity contribution in [1.29, 1.82) is 0 Å². The maximum Gasteiger partial charge on any atom is 0.229 e. The van der Waals surface area contributed by atoms with Gasteiger partial charge in [-0.05, 0) is 69.0 Å². The van der Waals surface area contributed by atoms with Crippen LogP contribution in [-0.4, -0.2) is 26.6 Å². The molecule has 0 aliphatic heterocycles. The summed E-state index contributed by atoms with van der Waals surface area (Å²) in [5.74, 6) is 1.45. The van der Waals surface area contributed by atoms with Gasteiger partial charge in [0.1, 0.15) is 17.1 Å². The second-order valence-corrected chi connectivity index (χ2v) is 8.74. The Morgan fingerprint density at radius 3 is 2.65 bits per heavy atom. The lowest BCUT2D eigenvalue weighted by Gasteiger charge is -2.17. The molecule has 1 saturated carbocycles. The van der Waals surface area contributed by atoms with Crippen LogP contribution in [0.4, 0.5) is 22.0 Å². The van der Waals surface area contributed by atoms with Crippen LogP contribution in [0.2, 0.25) is 0 Å². The predicted molar refractivity (Wildman–Crippen MR) is 135 cm³/mol. The normalized spacial score (nSPS) is 15.1. The molecule has 0 saturated heterocycles. The maximum atomic E-state index is 14.6. The van der Waals surface area contributed by atoms with Crippen LogP contribution in [0.15, 0.2) is 60.2 Å². The number of aryl methyl sites for hydroxylation is 1. The summed E-state index contributed by atoms with van der Waals surface area (Å²) in [6, 6.07) is 5.38. The highest BCUT2D eigenvalue weighted by atomic mass is 19.1. The van der Waals surface area contributed by atoms with E-state index in [2.05, 4.69) is 26.8 Å². The van der Waals surface area contributed by atoms with Crippen molar-refractivity contribution in [3.63, 3.8) is 0 Å². The van der Waals surface area contributed by atoms with E-state index in [1.54, 1.807) is 19.4 Å². The lowest BCUT2D eigenvalue weighted by Crippen LogP contribution is -2.11. The smallest absolute Gasteiger partial charge is 0.229 e. The Hall–Kier alpha value is -3.68. The number of benzene rings is 1. The van der Waals surface area contributed by atoms with Gasteiger partial charge < -0.3 is 15.4 Å². The molecule has 178 valence electrons. The number of imidazole rings is 1. The summed E-state index contributed by atoms with van der Waals surface area (Å²) in [6.45, 7) is 9.59. The first-order valence-corrected chi connectivity index (χ1v) is 11.5. The van der Waals surface area contributed by atoms with Crippen LogP contribution in [0, 0.1) is 12.7 Å². The molecule has 7 nitrogen and oxygen atoms in total. The van der Waals surface area contributed by atoms with Crippen LogP contribution in [0.5, 0.6) is 0 Å². The number of methoxy groups -OCH3 is 1. The number of ether oxygens (including phenoxy) is 1. The zero-order chi connectivity index (χ0) is 24.2. The van der Waals surface area contributed by atoms with Crippen molar-refractivity contribution in [3.05, 3.63) is 71.5 Å². The Balaban J connectivity index is 1.69. The van der Waals surface area contributed by atoms with E-state index in [9.17, 15) is 4.39 Å². The molecule has 0 atom stereocenters. The third kappa shape index (κ3) is 5.11. The average molecular weight is 463 g/mol. The van der Waals surface area contributed by atoms with Crippen molar-refractivity contribution in [2.24, 2.45) is 0 Å². The van der Waals surface area contributed by atoms with Crippen LogP contribution < -0.4 is 10.6 Å². The number of allylic oxidation sites excluding steroid dienone is 4.